The van der Waals surface area contributed by atoms with Crippen LogP contribution in [-0.2, 0) is 4.79 Å². The van der Waals surface area contributed by atoms with Crippen molar-refractivity contribution in [3.8, 4) is 0 Å². The molecule has 1 aliphatic heterocycles. The Balaban J connectivity index is 1.63. The molecule has 21 heavy (non-hydrogen) atoms. The third-order valence-corrected chi connectivity index (χ3v) is 4.58. The minimum Gasteiger partial charge on any atom is -0.342 e. The lowest BCUT2D eigenvalue weighted by molar-refractivity contribution is -0.131. The lowest BCUT2D eigenvalue weighted by Gasteiger charge is -2.16. The number of nitrogens with one attached hydrogen (secondary N) is 1. The van der Waals surface area contributed by atoms with E-state index >= 15 is 0 Å². The van der Waals surface area contributed by atoms with Gasteiger partial charge in [-0.05, 0) is 49.9 Å². The van der Waals surface area contributed by atoms with Gasteiger partial charge in [0.2, 0.25) is 5.91 Å². The van der Waals surface area contributed by atoms with Gasteiger partial charge in [0.15, 0.2) is 11.6 Å². The van der Waals surface area contributed by atoms with E-state index in [0.29, 0.717) is 17.9 Å². The molecule has 3 nitrogen and oxygen atoms in total. The average Bonchev–Trinajstić information content (AvgIpc) is 3.12. The predicted molar refractivity (Wildman–Crippen MR) is 75.8 cm³/mol. The van der Waals surface area contributed by atoms with Crippen LogP contribution in [0, 0.1) is 23.5 Å². The van der Waals surface area contributed by atoms with Gasteiger partial charge in [-0.2, -0.15) is 0 Å². The van der Waals surface area contributed by atoms with Crippen LogP contribution in [0.15, 0.2) is 18.2 Å². The van der Waals surface area contributed by atoms with Crippen molar-refractivity contribution in [3.63, 3.8) is 0 Å². The third kappa shape index (κ3) is 2.79. The van der Waals surface area contributed by atoms with Gasteiger partial charge in [0.05, 0.1) is 0 Å². The molecule has 3 unspecified atom stereocenters. The molecule has 1 saturated heterocycles. The van der Waals surface area contributed by atoms with E-state index in [4.69, 9.17) is 0 Å². The molecule has 1 aromatic carbocycles. The van der Waals surface area contributed by atoms with Crippen LogP contribution < -0.4 is 5.32 Å². The highest BCUT2D eigenvalue weighted by atomic mass is 19.2. The molecule has 1 heterocycles. The number of carbonyl (C=O) groups is 1. The Bertz CT molecular complexity index is 549. The topological polar surface area (TPSA) is 32.3 Å². The lowest BCUT2D eigenvalue weighted by atomic mass is 10.1. The van der Waals surface area contributed by atoms with E-state index in [1.165, 1.54) is 6.07 Å². The van der Waals surface area contributed by atoms with Gasteiger partial charge in [0, 0.05) is 19.0 Å². The molecule has 0 bridgehead atoms. The van der Waals surface area contributed by atoms with E-state index in [1.54, 1.807) is 6.07 Å². The summed E-state index contributed by atoms with van der Waals surface area (Å²) in [5.41, 5.74) is 0.347. The number of nitrogens with zero attached hydrogens (tertiary/aromatic N) is 1. The summed E-state index contributed by atoms with van der Waals surface area (Å²) in [6.07, 6.45) is 1.64. The van der Waals surface area contributed by atoms with Crippen LogP contribution >= 0.6 is 0 Å². The van der Waals surface area contributed by atoms with Crippen LogP contribution in [0.5, 0.6) is 0 Å². The Hall–Kier alpha value is -1.49. The summed E-state index contributed by atoms with van der Waals surface area (Å²) in [4.78, 5) is 14.3. The van der Waals surface area contributed by atoms with Gasteiger partial charge >= 0.3 is 0 Å². The number of hydrogen-bond donors (Lipinski definition) is 1. The van der Waals surface area contributed by atoms with Crippen molar-refractivity contribution in [2.45, 2.75) is 18.8 Å². The first kappa shape index (κ1) is 14.4. The second-order valence-corrected chi connectivity index (χ2v) is 6.09. The number of amides is 1. The van der Waals surface area contributed by atoms with Crippen LogP contribution in [0.25, 0.3) is 0 Å². The molecule has 1 amide bonds. The smallest absolute Gasteiger partial charge is 0.226 e. The van der Waals surface area contributed by atoms with Crippen molar-refractivity contribution in [1.29, 1.82) is 0 Å². The first-order valence-electron chi connectivity index (χ1n) is 7.49. The molecule has 0 radical (unpaired) electrons. The molecule has 1 aromatic rings. The number of hydrogen-bond acceptors (Lipinski definition) is 2. The standard InChI is InChI=1S/C16H20F2N2O/c1-19-8-10-5-6-20(9-10)16(21)13-7-12(13)11-3-2-4-14(17)15(11)18/h2-4,10,12-13,19H,5-9H2,1H3. The zero-order valence-corrected chi connectivity index (χ0v) is 12.1. The van der Waals surface area contributed by atoms with E-state index in [2.05, 4.69) is 5.32 Å². The number of carbonyl (C=O) groups excluding carboxylic acids is 1. The van der Waals surface area contributed by atoms with E-state index in [0.717, 1.165) is 32.1 Å². The van der Waals surface area contributed by atoms with Crippen molar-refractivity contribution >= 4 is 5.91 Å². The van der Waals surface area contributed by atoms with Crippen molar-refractivity contribution in [1.82, 2.24) is 10.2 Å². The zero-order valence-electron chi connectivity index (χ0n) is 12.1. The highest BCUT2D eigenvalue weighted by molar-refractivity contribution is 5.83. The Labute approximate surface area is 123 Å². The molecular weight excluding hydrogens is 274 g/mol. The van der Waals surface area contributed by atoms with Crippen molar-refractivity contribution in [2.24, 2.45) is 11.8 Å². The van der Waals surface area contributed by atoms with Crippen molar-refractivity contribution < 1.29 is 13.6 Å². The molecule has 1 saturated carbocycles. The normalized spacial score (nSPS) is 28.0. The second kappa shape index (κ2) is 5.72. The second-order valence-electron chi connectivity index (χ2n) is 6.09. The minimum atomic E-state index is -0.833. The van der Waals surface area contributed by atoms with E-state index in [9.17, 15) is 13.6 Å². The third-order valence-electron chi connectivity index (χ3n) is 4.58. The minimum absolute atomic E-state index is 0.0993. The Morgan fingerprint density at radius 3 is 3.00 bits per heavy atom. The fourth-order valence-corrected chi connectivity index (χ4v) is 3.34. The quantitative estimate of drug-likeness (QED) is 0.922. The molecule has 114 valence electrons. The van der Waals surface area contributed by atoms with Gasteiger partial charge in [-0.25, -0.2) is 8.78 Å². The Kier molecular flexibility index (Phi) is 3.93. The molecule has 1 N–H and O–H groups in total. The summed E-state index contributed by atoms with van der Waals surface area (Å²) in [6.45, 7) is 2.46. The predicted octanol–water partition coefficient (Wildman–Crippen LogP) is 2.14. The van der Waals surface area contributed by atoms with Gasteiger partial charge in [-0.1, -0.05) is 12.1 Å². The first-order valence-corrected chi connectivity index (χ1v) is 7.49. The van der Waals surface area contributed by atoms with Crippen LogP contribution in [-0.4, -0.2) is 37.5 Å². The molecule has 2 aliphatic rings. The number of benzene rings is 1. The van der Waals surface area contributed by atoms with E-state index < -0.39 is 11.6 Å². The molecule has 3 rings (SSSR count). The number of halogens is 2. The van der Waals surface area contributed by atoms with Gasteiger partial charge in [-0.15, -0.1) is 0 Å². The maximum absolute atomic E-state index is 13.8. The maximum atomic E-state index is 13.8. The fraction of sp³-hybridized carbons (Fsp3) is 0.562. The highest BCUT2D eigenvalue weighted by Gasteiger charge is 2.48. The van der Waals surface area contributed by atoms with E-state index in [-0.39, 0.29) is 17.7 Å². The Morgan fingerprint density at radius 2 is 2.24 bits per heavy atom. The summed E-state index contributed by atoms with van der Waals surface area (Å²) in [6, 6.07) is 4.21. The van der Waals surface area contributed by atoms with Crippen molar-refractivity contribution in [2.75, 3.05) is 26.7 Å². The lowest BCUT2D eigenvalue weighted by Crippen LogP contribution is -2.31. The molecular formula is C16H20F2N2O. The largest absolute Gasteiger partial charge is 0.342 e. The molecule has 0 spiro atoms. The van der Waals surface area contributed by atoms with Crippen LogP contribution in [0.2, 0.25) is 0 Å². The maximum Gasteiger partial charge on any atom is 0.226 e. The summed E-state index contributed by atoms with van der Waals surface area (Å²) >= 11 is 0. The van der Waals surface area contributed by atoms with Crippen LogP contribution in [0.3, 0.4) is 0 Å². The average molecular weight is 294 g/mol. The SMILES string of the molecule is CNCC1CCN(C(=O)C2CC2c2cccc(F)c2F)C1. The highest BCUT2D eigenvalue weighted by Crippen LogP contribution is 2.49. The Morgan fingerprint density at radius 1 is 1.43 bits per heavy atom. The zero-order chi connectivity index (χ0) is 15.0. The summed E-state index contributed by atoms with van der Waals surface area (Å²) < 4.78 is 27.0. The van der Waals surface area contributed by atoms with Crippen molar-refractivity contribution in [3.05, 3.63) is 35.4 Å². The summed E-state index contributed by atoms with van der Waals surface area (Å²) in [7, 11) is 1.91. The molecule has 0 aromatic heterocycles. The van der Waals surface area contributed by atoms with Gasteiger partial charge in [0.1, 0.15) is 0 Å². The van der Waals surface area contributed by atoms with Gasteiger partial charge in [-0.3, -0.25) is 4.79 Å². The van der Waals surface area contributed by atoms with Gasteiger partial charge in [0.25, 0.3) is 0 Å². The van der Waals surface area contributed by atoms with Crippen LogP contribution in [0.1, 0.15) is 24.3 Å². The fourth-order valence-electron chi connectivity index (χ4n) is 3.34. The number of rotatable bonds is 4. The van der Waals surface area contributed by atoms with Gasteiger partial charge < -0.3 is 10.2 Å². The monoisotopic (exact) mass is 294 g/mol. The molecule has 1 aliphatic carbocycles. The molecule has 2 fully saturated rings. The summed E-state index contributed by atoms with van der Waals surface area (Å²) in [5, 5.41) is 3.13. The molecule has 3 atom stereocenters. The van der Waals surface area contributed by atoms with E-state index in [1.807, 2.05) is 11.9 Å². The number of likely N-dealkylation sites (tertiary alicyclic amines) is 1. The summed E-state index contributed by atoms with van der Waals surface area (Å²) in [5.74, 6) is -1.36. The first-order chi connectivity index (χ1) is 10.1. The molecule has 5 heteroatoms. The van der Waals surface area contributed by atoms with Crippen LogP contribution in [0.4, 0.5) is 8.78 Å².